The van der Waals surface area contributed by atoms with Crippen molar-refractivity contribution in [3.63, 3.8) is 0 Å². The molecule has 1 nitrogen and oxygen atoms in total. The molecule has 0 aliphatic rings. The van der Waals surface area contributed by atoms with E-state index in [1.165, 1.54) is 6.07 Å². The molecule has 0 bridgehead atoms. The van der Waals surface area contributed by atoms with Gasteiger partial charge in [-0.05, 0) is 39.7 Å². The van der Waals surface area contributed by atoms with Crippen LogP contribution in [-0.4, -0.2) is 5.11 Å². The summed E-state index contributed by atoms with van der Waals surface area (Å²) in [4.78, 5) is 0. The number of rotatable bonds is 2. The SMILES string of the molecule is Oc1c(Br)cc(F)c(CBr)c1-c1ccc(Cl)c(C(F)(F)F)c1. The smallest absolute Gasteiger partial charge is 0.417 e. The van der Waals surface area contributed by atoms with Crippen molar-refractivity contribution in [2.24, 2.45) is 0 Å². The van der Waals surface area contributed by atoms with Crippen LogP contribution < -0.4 is 0 Å². The third-order valence-electron chi connectivity index (χ3n) is 3.00. The minimum Gasteiger partial charge on any atom is -0.506 e. The van der Waals surface area contributed by atoms with Gasteiger partial charge in [0.05, 0.1) is 15.1 Å². The van der Waals surface area contributed by atoms with Gasteiger partial charge in [0.25, 0.3) is 0 Å². The lowest BCUT2D eigenvalue weighted by Crippen LogP contribution is -2.06. The Morgan fingerprint density at radius 2 is 1.82 bits per heavy atom. The van der Waals surface area contributed by atoms with Crippen LogP contribution in [0.25, 0.3) is 11.1 Å². The van der Waals surface area contributed by atoms with Crippen molar-refractivity contribution in [2.75, 3.05) is 0 Å². The molecule has 0 aliphatic heterocycles. The van der Waals surface area contributed by atoms with Crippen LogP contribution in [0.15, 0.2) is 28.7 Å². The van der Waals surface area contributed by atoms with Gasteiger partial charge in [-0.2, -0.15) is 13.2 Å². The molecule has 0 aromatic heterocycles. The van der Waals surface area contributed by atoms with Crippen molar-refractivity contribution in [1.82, 2.24) is 0 Å². The van der Waals surface area contributed by atoms with Crippen LogP contribution in [0.4, 0.5) is 17.6 Å². The summed E-state index contributed by atoms with van der Waals surface area (Å²) in [6, 6.07) is 4.20. The number of hydrogen-bond donors (Lipinski definition) is 1. The van der Waals surface area contributed by atoms with Crippen molar-refractivity contribution >= 4 is 43.5 Å². The Balaban J connectivity index is 2.78. The standard InChI is InChI=1S/C14H7Br2ClF4O/c15-5-7-11(18)4-9(16)13(22)12(7)6-1-2-10(17)8(3-6)14(19,20)21/h1-4,22H,5H2. The van der Waals surface area contributed by atoms with Gasteiger partial charge in [-0.3, -0.25) is 0 Å². The summed E-state index contributed by atoms with van der Waals surface area (Å²) in [6.45, 7) is 0. The molecule has 2 aromatic rings. The van der Waals surface area contributed by atoms with Crippen LogP contribution in [0, 0.1) is 5.82 Å². The van der Waals surface area contributed by atoms with Gasteiger partial charge in [0.2, 0.25) is 0 Å². The third-order valence-corrected chi connectivity index (χ3v) is 4.50. The molecule has 0 spiro atoms. The lowest BCUT2D eigenvalue weighted by atomic mass is 9.97. The minimum atomic E-state index is -4.65. The van der Waals surface area contributed by atoms with E-state index in [-0.39, 0.29) is 32.2 Å². The molecule has 2 rings (SSSR count). The first-order valence-corrected chi connectivity index (χ1v) is 8.09. The summed E-state index contributed by atoms with van der Waals surface area (Å²) < 4.78 is 52.9. The largest absolute Gasteiger partial charge is 0.506 e. The number of alkyl halides is 4. The second-order valence-electron chi connectivity index (χ2n) is 4.37. The third kappa shape index (κ3) is 3.26. The molecular formula is C14H7Br2ClF4O. The summed E-state index contributed by atoms with van der Waals surface area (Å²) in [5.41, 5.74) is -1.00. The first-order chi connectivity index (χ1) is 10.2. The molecule has 0 saturated carbocycles. The Morgan fingerprint density at radius 1 is 1.18 bits per heavy atom. The van der Waals surface area contributed by atoms with E-state index in [1.807, 2.05) is 0 Å². The minimum absolute atomic E-state index is 0.0175. The number of hydrogen-bond acceptors (Lipinski definition) is 1. The molecule has 0 fully saturated rings. The van der Waals surface area contributed by atoms with E-state index >= 15 is 0 Å². The van der Waals surface area contributed by atoms with Gasteiger partial charge in [-0.1, -0.05) is 33.6 Å². The van der Waals surface area contributed by atoms with Crippen LogP contribution >= 0.6 is 43.5 Å². The lowest BCUT2D eigenvalue weighted by molar-refractivity contribution is -0.137. The first kappa shape index (κ1) is 17.6. The highest BCUT2D eigenvalue weighted by Gasteiger charge is 2.34. The Kier molecular flexibility index (Phi) is 5.09. The Hall–Kier alpha value is -0.790. The van der Waals surface area contributed by atoms with Gasteiger partial charge in [0.1, 0.15) is 11.6 Å². The quantitative estimate of drug-likeness (QED) is 0.398. The molecule has 0 aliphatic carbocycles. The second-order valence-corrected chi connectivity index (χ2v) is 6.19. The summed E-state index contributed by atoms with van der Waals surface area (Å²) in [7, 11) is 0. The first-order valence-electron chi connectivity index (χ1n) is 5.79. The fourth-order valence-electron chi connectivity index (χ4n) is 1.99. The molecule has 0 unspecified atom stereocenters. The van der Waals surface area contributed by atoms with Crippen LogP contribution in [0.5, 0.6) is 5.75 Å². The molecule has 2 aromatic carbocycles. The van der Waals surface area contributed by atoms with Gasteiger partial charge in [-0.15, -0.1) is 0 Å². The maximum atomic E-state index is 14.0. The van der Waals surface area contributed by atoms with Gasteiger partial charge in [-0.25, -0.2) is 4.39 Å². The predicted octanol–water partition coefficient (Wildman–Crippen LogP) is 6.53. The summed E-state index contributed by atoms with van der Waals surface area (Å²) in [6.07, 6.45) is -4.65. The van der Waals surface area contributed by atoms with Gasteiger partial charge in [0.15, 0.2) is 0 Å². The van der Waals surface area contributed by atoms with Crippen molar-refractivity contribution in [3.8, 4) is 16.9 Å². The van der Waals surface area contributed by atoms with E-state index in [4.69, 9.17) is 11.6 Å². The second kappa shape index (κ2) is 6.37. The van der Waals surface area contributed by atoms with Crippen LogP contribution in [0.2, 0.25) is 5.02 Å². The topological polar surface area (TPSA) is 20.2 Å². The van der Waals surface area contributed by atoms with Gasteiger partial charge >= 0.3 is 6.18 Å². The number of aromatic hydroxyl groups is 1. The monoisotopic (exact) mass is 460 g/mol. The number of phenolic OH excluding ortho intramolecular Hbond substituents is 1. The Bertz CT molecular complexity index is 732. The van der Waals surface area contributed by atoms with Crippen LogP contribution in [-0.2, 0) is 11.5 Å². The molecule has 22 heavy (non-hydrogen) atoms. The summed E-state index contributed by atoms with van der Waals surface area (Å²) in [5.74, 6) is -0.994. The Labute approximate surface area is 145 Å². The Morgan fingerprint density at radius 3 is 2.36 bits per heavy atom. The average molecular weight is 462 g/mol. The normalized spacial score (nSPS) is 11.8. The molecule has 1 N–H and O–H groups in total. The zero-order valence-corrected chi connectivity index (χ0v) is 14.5. The summed E-state index contributed by atoms with van der Waals surface area (Å²) in [5, 5.41) is 9.66. The van der Waals surface area contributed by atoms with Crippen LogP contribution in [0.1, 0.15) is 11.1 Å². The number of benzene rings is 2. The lowest BCUT2D eigenvalue weighted by Gasteiger charge is -2.15. The maximum Gasteiger partial charge on any atom is 0.417 e. The predicted molar refractivity (Wildman–Crippen MR) is 83.8 cm³/mol. The molecule has 0 radical (unpaired) electrons. The van der Waals surface area contributed by atoms with Gasteiger partial charge < -0.3 is 5.11 Å². The molecule has 0 saturated heterocycles. The van der Waals surface area contributed by atoms with E-state index in [0.29, 0.717) is 0 Å². The molecule has 0 heterocycles. The summed E-state index contributed by atoms with van der Waals surface area (Å²) >= 11 is 11.6. The van der Waals surface area contributed by atoms with E-state index in [9.17, 15) is 22.7 Å². The fourth-order valence-corrected chi connectivity index (χ4v) is 3.16. The van der Waals surface area contributed by atoms with Crippen molar-refractivity contribution < 1.29 is 22.7 Å². The highest BCUT2D eigenvalue weighted by atomic mass is 79.9. The molecular weight excluding hydrogens is 455 g/mol. The van der Waals surface area contributed by atoms with Gasteiger partial charge in [0, 0.05) is 16.5 Å². The zero-order chi connectivity index (χ0) is 16.7. The van der Waals surface area contributed by atoms with E-state index in [0.717, 1.165) is 18.2 Å². The number of phenols is 1. The molecule has 0 atom stereocenters. The maximum absolute atomic E-state index is 14.0. The average Bonchev–Trinajstić information content (AvgIpc) is 2.42. The highest BCUT2D eigenvalue weighted by molar-refractivity contribution is 9.10. The zero-order valence-electron chi connectivity index (χ0n) is 10.6. The van der Waals surface area contributed by atoms with Crippen LogP contribution in [0.3, 0.4) is 0 Å². The van der Waals surface area contributed by atoms with E-state index in [1.54, 1.807) is 0 Å². The molecule has 118 valence electrons. The number of halogens is 7. The van der Waals surface area contributed by atoms with Crippen molar-refractivity contribution in [3.05, 3.63) is 50.7 Å². The highest BCUT2D eigenvalue weighted by Crippen LogP contribution is 2.43. The molecule has 0 amide bonds. The fraction of sp³-hybridized carbons (Fsp3) is 0.143. The van der Waals surface area contributed by atoms with E-state index < -0.39 is 22.6 Å². The molecule has 8 heteroatoms. The van der Waals surface area contributed by atoms with E-state index in [2.05, 4.69) is 31.9 Å². The van der Waals surface area contributed by atoms with Crippen molar-refractivity contribution in [1.29, 1.82) is 0 Å². The van der Waals surface area contributed by atoms with Crippen molar-refractivity contribution in [2.45, 2.75) is 11.5 Å².